The number of anilines is 1. The maximum Gasteiger partial charge on any atom is 0.235 e. The molecule has 0 aromatic heterocycles. The van der Waals surface area contributed by atoms with Crippen molar-refractivity contribution in [1.82, 2.24) is 9.80 Å². The number of thioether (sulfide) groups is 1. The molecule has 0 atom stereocenters. The lowest BCUT2D eigenvalue weighted by molar-refractivity contribution is -0.122. The minimum Gasteiger partial charge on any atom is -0.492 e. The van der Waals surface area contributed by atoms with Crippen molar-refractivity contribution in [2.45, 2.75) is 42.8 Å². The molecule has 2 aromatic rings. The summed E-state index contributed by atoms with van der Waals surface area (Å²) < 4.78 is 21.2. The third-order valence-corrected chi connectivity index (χ3v) is 9.75. The van der Waals surface area contributed by atoms with Crippen molar-refractivity contribution in [3.05, 3.63) is 63.9 Å². The Balaban J connectivity index is 1.05. The second-order valence-corrected chi connectivity index (χ2v) is 12.2. The molecule has 0 bridgehead atoms. The van der Waals surface area contributed by atoms with Crippen molar-refractivity contribution in [1.29, 1.82) is 0 Å². The van der Waals surface area contributed by atoms with Gasteiger partial charge in [-0.2, -0.15) is 11.8 Å². The molecule has 2 saturated heterocycles. The molecule has 1 saturated carbocycles. The van der Waals surface area contributed by atoms with Crippen LogP contribution in [0.4, 0.5) is 10.1 Å². The molecule has 3 aliphatic heterocycles. The highest BCUT2D eigenvalue weighted by Gasteiger charge is 2.48. The predicted molar refractivity (Wildman–Crippen MR) is 149 cm³/mol. The van der Waals surface area contributed by atoms with E-state index in [-0.39, 0.29) is 11.7 Å². The number of hydrogen-bond acceptors (Lipinski definition) is 5. The number of benzene rings is 2. The second kappa shape index (κ2) is 10.2. The molecule has 1 N–H and O–H groups in total. The molecule has 2 aromatic carbocycles. The summed E-state index contributed by atoms with van der Waals surface area (Å²) in [6, 6.07) is 11.0. The minimum atomic E-state index is -0.491. The lowest BCUT2D eigenvalue weighted by atomic mass is 9.73. The van der Waals surface area contributed by atoms with Gasteiger partial charge in [-0.3, -0.25) is 9.69 Å². The average Bonchev–Trinajstić information content (AvgIpc) is 3.08. The first-order chi connectivity index (χ1) is 18.0. The molecule has 0 unspecified atom stereocenters. The Labute approximate surface area is 227 Å². The van der Waals surface area contributed by atoms with Crippen LogP contribution in [0.1, 0.15) is 43.2 Å². The number of amides is 1. The number of nitrogens with zero attached hydrogens (tertiary/aromatic N) is 2. The lowest BCUT2D eigenvalue weighted by Gasteiger charge is -2.44. The number of fused-ring (bicyclic) bond motifs is 2. The highest BCUT2D eigenvalue weighted by Crippen LogP contribution is 2.46. The van der Waals surface area contributed by atoms with Crippen LogP contribution in [0, 0.1) is 5.82 Å². The van der Waals surface area contributed by atoms with Crippen LogP contribution in [0.25, 0.3) is 5.70 Å². The Kier molecular flexibility index (Phi) is 6.88. The molecule has 8 heteroatoms. The van der Waals surface area contributed by atoms with Crippen molar-refractivity contribution in [3.8, 4) is 5.75 Å². The number of likely N-dealkylation sites (tertiary alicyclic amines) is 2. The largest absolute Gasteiger partial charge is 0.492 e. The van der Waals surface area contributed by atoms with E-state index in [2.05, 4.69) is 21.4 Å². The summed E-state index contributed by atoms with van der Waals surface area (Å²) in [5, 5.41) is 4.33. The van der Waals surface area contributed by atoms with Crippen LogP contribution in [0.15, 0.2) is 42.0 Å². The Morgan fingerprint density at radius 1 is 1.19 bits per heavy atom. The molecular weight excluding hydrogens is 509 g/mol. The fourth-order valence-electron chi connectivity index (χ4n) is 6.06. The van der Waals surface area contributed by atoms with Gasteiger partial charge in [0, 0.05) is 52.9 Å². The minimum absolute atomic E-state index is 0.0784. The van der Waals surface area contributed by atoms with Crippen LogP contribution in [-0.4, -0.2) is 66.5 Å². The number of ether oxygens (including phenoxy) is 1. The van der Waals surface area contributed by atoms with E-state index in [1.54, 1.807) is 0 Å². The number of halogens is 2. The summed E-state index contributed by atoms with van der Waals surface area (Å²) in [6.45, 7) is 4.82. The fourth-order valence-corrected chi connectivity index (χ4v) is 6.89. The zero-order valence-electron chi connectivity index (χ0n) is 21.2. The molecular formula is C29H33ClFN3O2S. The number of piperidine rings is 1. The summed E-state index contributed by atoms with van der Waals surface area (Å²) in [4.78, 5) is 17.5. The van der Waals surface area contributed by atoms with E-state index in [1.807, 2.05) is 42.1 Å². The molecule has 5 nitrogen and oxygen atoms in total. The topological polar surface area (TPSA) is 44.8 Å². The Bertz CT molecular complexity index is 1230. The Morgan fingerprint density at radius 3 is 2.65 bits per heavy atom. The van der Waals surface area contributed by atoms with Gasteiger partial charge in [0.2, 0.25) is 5.91 Å². The van der Waals surface area contributed by atoms with E-state index in [4.69, 9.17) is 16.3 Å². The van der Waals surface area contributed by atoms with Crippen LogP contribution in [0.3, 0.4) is 0 Å². The smallest absolute Gasteiger partial charge is 0.235 e. The van der Waals surface area contributed by atoms with E-state index in [9.17, 15) is 4.79 Å². The molecule has 37 heavy (non-hydrogen) atoms. The monoisotopic (exact) mass is 541 g/mol. The summed E-state index contributed by atoms with van der Waals surface area (Å²) in [7, 11) is 0. The van der Waals surface area contributed by atoms with Crippen LogP contribution in [0.5, 0.6) is 5.75 Å². The van der Waals surface area contributed by atoms with Crippen molar-refractivity contribution in [3.63, 3.8) is 0 Å². The standard InChI is InChI=1S/C29H33ClFN3O2S/c1-37-22-17-34(18-22)27(19-3-2-4-19)23-7-6-21(16-25(23)31)36-14-13-33-11-9-29(10-12-33)24-15-20(30)5-8-26(24)32-28(29)35/h5-8,15-16,22H,2-4,9-14,17-18H2,1H3,(H,32,35). The van der Waals surface area contributed by atoms with Crippen LogP contribution >= 0.6 is 23.4 Å². The maximum absolute atomic E-state index is 15.3. The highest BCUT2D eigenvalue weighted by molar-refractivity contribution is 7.99. The number of nitrogens with one attached hydrogen (secondary N) is 1. The predicted octanol–water partition coefficient (Wildman–Crippen LogP) is 5.79. The molecule has 3 fully saturated rings. The molecule has 1 aliphatic carbocycles. The van der Waals surface area contributed by atoms with Crippen LogP contribution < -0.4 is 10.1 Å². The number of allylic oxidation sites excluding steroid dienone is 1. The van der Waals surface area contributed by atoms with Gasteiger partial charge in [0.15, 0.2) is 0 Å². The molecule has 6 rings (SSSR count). The van der Waals surface area contributed by atoms with E-state index in [1.165, 1.54) is 18.1 Å². The third-order valence-electron chi connectivity index (χ3n) is 8.55. The first-order valence-corrected chi connectivity index (χ1v) is 14.9. The first kappa shape index (κ1) is 25.1. The summed E-state index contributed by atoms with van der Waals surface area (Å²) in [5.74, 6) is 0.440. The van der Waals surface area contributed by atoms with Gasteiger partial charge in [-0.05, 0) is 92.9 Å². The first-order valence-electron chi connectivity index (χ1n) is 13.2. The SMILES string of the molecule is CSC1CN(C(=C2CCC2)c2ccc(OCCN3CCC4(CC3)C(=O)Nc3ccc(Cl)cc34)cc2F)C1. The van der Waals surface area contributed by atoms with Gasteiger partial charge in [-0.1, -0.05) is 11.6 Å². The van der Waals surface area contributed by atoms with Gasteiger partial charge in [0.05, 0.1) is 5.41 Å². The molecule has 4 aliphatic rings. The van der Waals surface area contributed by atoms with E-state index in [0.29, 0.717) is 28.2 Å². The zero-order chi connectivity index (χ0) is 25.6. The average molecular weight is 542 g/mol. The van der Waals surface area contributed by atoms with Gasteiger partial charge < -0.3 is 15.0 Å². The number of carbonyl (C=O) groups is 1. The zero-order valence-corrected chi connectivity index (χ0v) is 22.8. The molecule has 0 radical (unpaired) electrons. The van der Waals surface area contributed by atoms with Crippen molar-refractivity contribution >= 4 is 40.7 Å². The van der Waals surface area contributed by atoms with Gasteiger partial charge in [0.25, 0.3) is 0 Å². The summed E-state index contributed by atoms with van der Waals surface area (Å²) in [6.07, 6.45) is 6.99. The fraction of sp³-hybridized carbons (Fsp3) is 0.483. The third kappa shape index (κ3) is 4.64. The Morgan fingerprint density at radius 2 is 1.97 bits per heavy atom. The number of hydrogen-bond donors (Lipinski definition) is 1. The van der Waals surface area contributed by atoms with Gasteiger partial charge >= 0.3 is 0 Å². The van der Waals surface area contributed by atoms with E-state index < -0.39 is 5.41 Å². The van der Waals surface area contributed by atoms with Crippen molar-refractivity contribution in [2.24, 2.45) is 0 Å². The van der Waals surface area contributed by atoms with E-state index >= 15 is 4.39 Å². The molecule has 1 amide bonds. The van der Waals surface area contributed by atoms with Gasteiger partial charge in [-0.15, -0.1) is 0 Å². The second-order valence-electron chi connectivity index (χ2n) is 10.6. The molecule has 3 heterocycles. The Hall–Kier alpha value is -2.22. The maximum atomic E-state index is 15.3. The van der Waals surface area contributed by atoms with Crippen molar-refractivity contribution in [2.75, 3.05) is 50.9 Å². The van der Waals surface area contributed by atoms with Crippen LogP contribution in [0.2, 0.25) is 5.02 Å². The van der Waals surface area contributed by atoms with Crippen molar-refractivity contribution < 1.29 is 13.9 Å². The lowest BCUT2D eigenvalue weighted by Crippen LogP contribution is -2.48. The van der Waals surface area contributed by atoms with Gasteiger partial charge in [0.1, 0.15) is 18.2 Å². The molecule has 1 spiro atoms. The van der Waals surface area contributed by atoms with E-state index in [0.717, 1.165) is 75.4 Å². The van der Waals surface area contributed by atoms with Gasteiger partial charge in [-0.25, -0.2) is 4.39 Å². The normalized spacial score (nSPS) is 20.9. The number of carbonyl (C=O) groups excluding carboxylic acids is 1. The highest BCUT2D eigenvalue weighted by atomic mass is 35.5. The van der Waals surface area contributed by atoms with Crippen LogP contribution in [-0.2, 0) is 10.2 Å². The number of rotatable bonds is 7. The summed E-state index contributed by atoms with van der Waals surface area (Å²) in [5.41, 5.74) is 4.62. The quantitative estimate of drug-likeness (QED) is 0.481. The molecule has 196 valence electrons. The summed E-state index contributed by atoms with van der Waals surface area (Å²) >= 11 is 8.12.